The highest BCUT2D eigenvalue weighted by Gasteiger charge is 2.04. The molecule has 5 nitrogen and oxygen atoms in total. The van der Waals surface area contributed by atoms with Crippen molar-refractivity contribution in [3.05, 3.63) is 64.1 Å². The Morgan fingerprint density at radius 2 is 1.78 bits per heavy atom. The predicted octanol–water partition coefficient (Wildman–Crippen LogP) is 4.06. The number of aryl methyl sites for hydroxylation is 1. The molecule has 0 bridgehead atoms. The van der Waals surface area contributed by atoms with Gasteiger partial charge in [0.05, 0.1) is 0 Å². The molecule has 0 fully saturated rings. The van der Waals surface area contributed by atoms with E-state index in [1.807, 2.05) is 30.3 Å². The quantitative estimate of drug-likeness (QED) is 0.556. The Hall–Kier alpha value is -2.18. The van der Waals surface area contributed by atoms with Gasteiger partial charge in [-0.2, -0.15) is 0 Å². The Kier molecular flexibility index (Phi) is 9.01. The van der Waals surface area contributed by atoms with Crippen molar-refractivity contribution in [3.63, 3.8) is 0 Å². The van der Waals surface area contributed by atoms with Gasteiger partial charge in [0.1, 0.15) is 6.61 Å². The van der Waals surface area contributed by atoms with Crippen LogP contribution in [0.15, 0.2) is 53.0 Å². The Bertz CT molecular complexity index is 747. The standard InChI is InChI=1S/C21H25BrN2O3/c1-27-15-21(26)24-19-7-4-6-17(13-19)14-23-20(25)8-3-2-5-16-9-11-18(22)12-10-16/h4,6-7,9-13H,2-3,5,8,14-15H2,1H3,(H,23,25)(H,24,26). The zero-order valence-corrected chi connectivity index (χ0v) is 17.1. The van der Waals surface area contributed by atoms with Crippen LogP contribution in [0.3, 0.4) is 0 Å². The molecule has 2 aromatic rings. The van der Waals surface area contributed by atoms with Gasteiger partial charge in [0.15, 0.2) is 0 Å². The lowest BCUT2D eigenvalue weighted by molar-refractivity contribution is -0.121. The largest absolute Gasteiger partial charge is 0.375 e. The van der Waals surface area contributed by atoms with E-state index in [0.717, 1.165) is 29.3 Å². The molecule has 0 aliphatic carbocycles. The van der Waals surface area contributed by atoms with Crippen LogP contribution in [0.2, 0.25) is 0 Å². The second-order valence-corrected chi connectivity index (χ2v) is 7.21. The van der Waals surface area contributed by atoms with Crippen molar-refractivity contribution in [3.8, 4) is 0 Å². The zero-order chi connectivity index (χ0) is 19.5. The highest BCUT2D eigenvalue weighted by atomic mass is 79.9. The summed E-state index contributed by atoms with van der Waals surface area (Å²) in [5, 5.41) is 5.68. The maximum absolute atomic E-state index is 12.0. The first-order valence-corrected chi connectivity index (χ1v) is 9.75. The summed E-state index contributed by atoms with van der Waals surface area (Å²) in [4.78, 5) is 23.6. The fourth-order valence-corrected chi connectivity index (χ4v) is 2.91. The number of amides is 2. The van der Waals surface area contributed by atoms with Crippen LogP contribution in [-0.2, 0) is 27.3 Å². The summed E-state index contributed by atoms with van der Waals surface area (Å²) in [6, 6.07) is 15.7. The SMILES string of the molecule is COCC(=O)Nc1cccc(CNC(=O)CCCCc2ccc(Br)cc2)c1. The second kappa shape index (κ2) is 11.5. The van der Waals surface area contributed by atoms with Gasteiger partial charge >= 0.3 is 0 Å². The third kappa shape index (κ3) is 8.37. The van der Waals surface area contributed by atoms with E-state index in [0.29, 0.717) is 18.7 Å². The van der Waals surface area contributed by atoms with Crippen molar-refractivity contribution >= 4 is 33.4 Å². The normalized spacial score (nSPS) is 10.4. The maximum atomic E-state index is 12.0. The van der Waals surface area contributed by atoms with Crippen LogP contribution in [0.25, 0.3) is 0 Å². The molecule has 27 heavy (non-hydrogen) atoms. The Labute approximate surface area is 168 Å². The highest BCUT2D eigenvalue weighted by Crippen LogP contribution is 2.13. The number of hydrogen-bond donors (Lipinski definition) is 2. The molecule has 0 atom stereocenters. The minimum Gasteiger partial charge on any atom is -0.375 e. The van der Waals surface area contributed by atoms with Gasteiger partial charge in [-0.3, -0.25) is 9.59 Å². The van der Waals surface area contributed by atoms with Crippen LogP contribution in [0.4, 0.5) is 5.69 Å². The molecule has 6 heteroatoms. The summed E-state index contributed by atoms with van der Waals surface area (Å²) in [7, 11) is 1.48. The average Bonchev–Trinajstić information content (AvgIpc) is 2.65. The van der Waals surface area contributed by atoms with E-state index < -0.39 is 0 Å². The van der Waals surface area contributed by atoms with E-state index in [2.05, 4.69) is 38.7 Å². The first-order chi connectivity index (χ1) is 13.1. The third-order valence-corrected chi connectivity index (χ3v) is 4.54. The lowest BCUT2D eigenvalue weighted by atomic mass is 10.1. The van der Waals surface area contributed by atoms with Crippen molar-refractivity contribution in [2.24, 2.45) is 0 Å². The van der Waals surface area contributed by atoms with Crippen molar-refractivity contribution in [2.45, 2.75) is 32.2 Å². The van der Waals surface area contributed by atoms with Crippen molar-refractivity contribution in [1.82, 2.24) is 5.32 Å². The number of benzene rings is 2. The molecular formula is C21H25BrN2O3. The summed E-state index contributed by atoms with van der Waals surface area (Å²) in [6.45, 7) is 0.459. The van der Waals surface area contributed by atoms with Gasteiger partial charge in [0.25, 0.3) is 0 Å². The molecule has 0 radical (unpaired) electrons. The molecule has 0 aliphatic heterocycles. The average molecular weight is 433 g/mol. The fourth-order valence-electron chi connectivity index (χ4n) is 2.64. The van der Waals surface area contributed by atoms with Crippen molar-refractivity contribution < 1.29 is 14.3 Å². The summed E-state index contributed by atoms with van der Waals surface area (Å²) < 4.78 is 5.87. The number of methoxy groups -OCH3 is 1. The van der Waals surface area contributed by atoms with E-state index in [9.17, 15) is 9.59 Å². The van der Waals surface area contributed by atoms with Crippen LogP contribution in [0.5, 0.6) is 0 Å². The molecular weight excluding hydrogens is 408 g/mol. The molecule has 0 unspecified atom stereocenters. The van der Waals surface area contributed by atoms with Crippen LogP contribution in [0, 0.1) is 0 Å². The van der Waals surface area contributed by atoms with Crippen LogP contribution in [-0.4, -0.2) is 25.5 Å². The Balaban J connectivity index is 1.67. The van der Waals surface area contributed by atoms with Gasteiger partial charge in [0, 0.05) is 30.2 Å². The van der Waals surface area contributed by atoms with Crippen molar-refractivity contribution in [2.75, 3.05) is 19.0 Å². The number of carbonyl (C=O) groups excluding carboxylic acids is 2. The van der Waals surface area contributed by atoms with Crippen LogP contribution in [0.1, 0.15) is 30.4 Å². The van der Waals surface area contributed by atoms with E-state index in [1.54, 1.807) is 6.07 Å². The van der Waals surface area contributed by atoms with Crippen LogP contribution >= 0.6 is 15.9 Å². The number of hydrogen-bond acceptors (Lipinski definition) is 3. The van der Waals surface area contributed by atoms with Gasteiger partial charge in [-0.1, -0.05) is 40.2 Å². The molecule has 144 valence electrons. The first kappa shape index (κ1) is 21.1. The minimum atomic E-state index is -0.204. The molecule has 0 spiro atoms. The van der Waals surface area contributed by atoms with E-state index in [-0.39, 0.29) is 18.4 Å². The van der Waals surface area contributed by atoms with Crippen LogP contribution < -0.4 is 10.6 Å². The summed E-state index contributed by atoms with van der Waals surface area (Å²) in [5.74, 6) is -0.163. The molecule has 2 N–H and O–H groups in total. The summed E-state index contributed by atoms with van der Waals surface area (Å²) in [5.41, 5.74) is 2.91. The topological polar surface area (TPSA) is 67.4 Å². The molecule has 2 aromatic carbocycles. The van der Waals surface area contributed by atoms with Gasteiger partial charge in [0.2, 0.25) is 11.8 Å². The highest BCUT2D eigenvalue weighted by molar-refractivity contribution is 9.10. The smallest absolute Gasteiger partial charge is 0.250 e. The van der Waals surface area contributed by atoms with E-state index in [4.69, 9.17) is 4.74 Å². The summed E-state index contributed by atoms with van der Waals surface area (Å²) >= 11 is 3.43. The number of ether oxygens (including phenoxy) is 1. The third-order valence-electron chi connectivity index (χ3n) is 4.01. The molecule has 2 amide bonds. The minimum absolute atomic E-state index is 0.0151. The number of rotatable bonds is 10. The maximum Gasteiger partial charge on any atom is 0.250 e. The van der Waals surface area contributed by atoms with Gasteiger partial charge < -0.3 is 15.4 Å². The number of halogens is 1. The number of anilines is 1. The molecule has 0 aromatic heterocycles. The van der Waals surface area contributed by atoms with Crippen molar-refractivity contribution in [1.29, 1.82) is 0 Å². The first-order valence-electron chi connectivity index (χ1n) is 8.95. The van der Waals surface area contributed by atoms with Gasteiger partial charge in [-0.25, -0.2) is 0 Å². The number of nitrogens with one attached hydrogen (secondary N) is 2. The molecule has 0 heterocycles. The molecule has 2 rings (SSSR count). The zero-order valence-electron chi connectivity index (χ0n) is 15.5. The number of carbonyl (C=O) groups is 2. The van der Waals surface area contributed by atoms with E-state index >= 15 is 0 Å². The summed E-state index contributed by atoms with van der Waals surface area (Å²) in [6.07, 6.45) is 3.33. The molecule has 0 aliphatic rings. The molecule has 0 saturated carbocycles. The second-order valence-electron chi connectivity index (χ2n) is 6.29. The van der Waals surface area contributed by atoms with Gasteiger partial charge in [-0.15, -0.1) is 0 Å². The Morgan fingerprint density at radius 3 is 2.52 bits per heavy atom. The predicted molar refractivity (Wildman–Crippen MR) is 110 cm³/mol. The number of unbranched alkanes of at least 4 members (excludes halogenated alkanes) is 1. The monoisotopic (exact) mass is 432 g/mol. The van der Waals surface area contributed by atoms with E-state index in [1.165, 1.54) is 12.7 Å². The van der Waals surface area contributed by atoms with Gasteiger partial charge in [-0.05, 0) is 54.7 Å². The Morgan fingerprint density at radius 1 is 1.00 bits per heavy atom. The molecule has 0 saturated heterocycles. The lowest BCUT2D eigenvalue weighted by Gasteiger charge is -2.09. The fraction of sp³-hybridized carbons (Fsp3) is 0.333. The lowest BCUT2D eigenvalue weighted by Crippen LogP contribution is -2.22.